The zero-order valence-electron chi connectivity index (χ0n) is 33.4. The van der Waals surface area contributed by atoms with E-state index in [1.54, 1.807) is 26.0 Å². The second-order valence-electron chi connectivity index (χ2n) is 19.8. The topological polar surface area (TPSA) is 153 Å². The number of aliphatic hydroxyl groups excluding tert-OH is 1. The zero-order valence-corrected chi connectivity index (χ0v) is 34.2. The number of nitrogens with zero attached hydrogens (tertiary/aromatic N) is 3. The number of pyridine rings is 1. The molecular weight excluding hydrogens is 706 g/mol. The van der Waals surface area contributed by atoms with E-state index in [0.29, 0.717) is 29.0 Å². The molecule has 0 radical (unpaired) electrons. The Balaban J connectivity index is 1.19. The van der Waals surface area contributed by atoms with Gasteiger partial charge >= 0.3 is 11.9 Å². The largest absolute Gasteiger partial charge is 0.481 e. The normalized spacial score (nSPS) is 36.6. The Hall–Kier alpha value is -3.11. The molecule has 10 nitrogen and oxygen atoms in total. The molecule has 0 bridgehead atoms. The first kappa shape index (κ1) is 39.1. The molecule has 5 aliphatic rings. The number of ether oxygens (including phenoxy) is 1. The Kier molecular flexibility index (Phi) is 9.40. The van der Waals surface area contributed by atoms with E-state index in [4.69, 9.17) is 20.8 Å². The van der Waals surface area contributed by atoms with E-state index < -0.39 is 28.9 Å². The molecule has 5 aliphatic carbocycles. The highest BCUT2D eigenvalue weighted by Gasteiger charge is 2.71. The minimum absolute atomic E-state index is 0.0123. The fourth-order valence-electron chi connectivity index (χ4n) is 13.0. The Morgan fingerprint density at radius 2 is 1.70 bits per heavy atom. The third-order valence-corrected chi connectivity index (χ3v) is 16.2. The van der Waals surface area contributed by atoms with Crippen molar-refractivity contribution < 1.29 is 33.8 Å². The molecule has 54 heavy (non-hydrogen) atoms. The van der Waals surface area contributed by atoms with Gasteiger partial charge in [-0.25, -0.2) is 4.98 Å². The second-order valence-corrected chi connectivity index (χ2v) is 20.2. The maximum Gasteiger partial charge on any atom is 0.309 e. The molecule has 4 fully saturated rings. The van der Waals surface area contributed by atoms with Crippen LogP contribution in [0.2, 0.25) is 5.02 Å². The first-order valence-corrected chi connectivity index (χ1v) is 20.3. The lowest BCUT2D eigenvalue weighted by molar-refractivity contribution is -0.235. The number of carboxylic acids is 1. The van der Waals surface area contributed by atoms with Crippen molar-refractivity contribution in [1.82, 2.24) is 15.2 Å². The molecule has 2 heterocycles. The number of Topliss-reactive ketones (excluding diaryl/α,β-unsaturated/α-hetero) is 1. The van der Waals surface area contributed by atoms with Gasteiger partial charge in [-0.05, 0) is 128 Å². The molecular formula is C43H58ClN3O7. The number of rotatable bonds is 8. The third-order valence-electron chi connectivity index (χ3n) is 16.0. The van der Waals surface area contributed by atoms with Crippen molar-refractivity contribution in [2.24, 2.45) is 56.2 Å². The zero-order chi connectivity index (χ0) is 39.4. The van der Waals surface area contributed by atoms with E-state index in [1.807, 2.05) is 0 Å². The summed E-state index contributed by atoms with van der Waals surface area (Å²) < 4.78 is 12.3. The minimum Gasteiger partial charge on any atom is -0.481 e. The van der Waals surface area contributed by atoms with Gasteiger partial charge in [-0.1, -0.05) is 60.1 Å². The van der Waals surface area contributed by atoms with Crippen molar-refractivity contribution in [2.75, 3.05) is 0 Å². The maximum atomic E-state index is 14.1. The van der Waals surface area contributed by atoms with Gasteiger partial charge in [0.1, 0.15) is 17.9 Å². The smallest absolute Gasteiger partial charge is 0.309 e. The standard InChI is InChI=1S/C43H58ClN3O7/c1-23(2)32-27(48)20-43(34(50)36-47-46-35(54-36)26-12-10-24(44)22-45-26)19-18-41(8)25(33(32)43)11-13-29-40(7)16-15-30(53-31(49)21-38(3,4)37(51)52)39(5,6)28(40)14-17-42(29,41)9/h10,12,22-23,25,28-30,34,50H,11,13-21H2,1-9H3,(H,51,52). The average Bonchev–Trinajstić information content (AvgIpc) is 3.69. The van der Waals surface area contributed by atoms with Crippen LogP contribution in [0.25, 0.3) is 11.6 Å². The summed E-state index contributed by atoms with van der Waals surface area (Å²) in [5.41, 5.74) is 0.0555. The van der Waals surface area contributed by atoms with Crippen LogP contribution in [0.5, 0.6) is 0 Å². The average molecular weight is 764 g/mol. The lowest BCUT2D eigenvalue weighted by atomic mass is 9.33. The van der Waals surface area contributed by atoms with Gasteiger partial charge in [-0.2, -0.15) is 0 Å². The third kappa shape index (κ3) is 5.65. The van der Waals surface area contributed by atoms with Crippen LogP contribution in [0.3, 0.4) is 0 Å². The number of carboxylic acid groups (broad SMARTS) is 1. The van der Waals surface area contributed by atoms with Crippen LogP contribution in [0.4, 0.5) is 0 Å². The SMILES string of the molecule is CC(C)C1=C2C3CCC4C5(C)CCC(OC(=O)CC(C)(C)C(=O)O)C(C)(C)C5CCC4(C)C3(C)CCC2(C(O)c2nnc(-c3ccc(Cl)cn3)o2)CC1=O. The van der Waals surface area contributed by atoms with Gasteiger partial charge in [0.15, 0.2) is 5.78 Å². The molecule has 0 aliphatic heterocycles. The Bertz CT molecular complexity index is 1880. The number of ketones is 1. The molecule has 9 unspecified atom stereocenters. The van der Waals surface area contributed by atoms with Crippen molar-refractivity contribution in [2.45, 2.75) is 139 Å². The minimum atomic E-state index is -1.18. The number of carbonyl (C=O) groups excluding carboxylic acids is 2. The number of allylic oxidation sites excluding steroid dienone is 1. The van der Waals surface area contributed by atoms with E-state index in [1.165, 1.54) is 6.20 Å². The quantitative estimate of drug-likeness (QED) is 0.249. The molecule has 294 valence electrons. The van der Waals surface area contributed by atoms with Gasteiger partial charge in [0.25, 0.3) is 5.89 Å². The number of halogens is 1. The highest BCUT2D eigenvalue weighted by Crippen LogP contribution is 2.77. The van der Waals surface area contributed by atoms with Gasteiger partial charge in [0.05, 0.1) is 16.9 Å². The van der Waals surface area contributed by atoms with Crippen LogP contribution in [0.15, 0.2) is 33.9 Å². The number of esters is 1. The van der Waals surface area contributed by atoms with Crippen LogP contribution in [0, 0.1) is 56.2 Å². The van der Waals surface area contributed by atoms with E-state index in [-0.39, 0.29) is 70.0 Å². The fourth-order valence-corrected chi connectivity index (χ4v) is 13.1. The number of aliphatic carboxylic acids is 1. The molecule has 7 rings (SSSR count). The summed E-state index contributed by atoms with van der Waals surface area (Å²) in [5.74, 6) is -0.133. The number of fused-ring (bicyclic) bond motifs is 7. The molecule has 0 spiro atoms. The molecule has 0 amide bonds. The van der Waals surface area contributed by atoms with E-state index >= 15 is 0 Å². The van der Waals surface area contributed by atoms with E-state index in [9.17, 15) is 24.6 Å². The van der Waals surface area contributed by atoms with Crippen LogP contribution in [-0.4, -0.2) is 49.2 Å². The van der Waals surface area contributed by atoms with E-state index in [2.05, 4.69) is 63.6 Å². The fraction of sp³-hybridized carbons (Fsp3) is 0.721. The molecule has 0 saturated heterocycles. The van der Waals surface area contributed by atoms with Crippen molar-refractivity contribution in [3.63, 3.8) is 0 Å². The van der Waals surface area contributed by atoms with Gasteiger partial charge in [0.2, 0.25) is 5.89 Å². The summed E-state index contributed by atoms with van der Waals surface area (Å²) in [4.78, 5) is 43.3. The highest BCUT2D eigenvalue weighted by molar-refractivity contribution is 6.30. The van der Waals surface area contributed by atoms with Crippen LogP contribution in [0.1, 0.15) is 139 Å². The number of hydrogen-bond acceptors (Lipinski definition) is 9. The lowest BCUT2D eigenvalue weighted by Crippen LogP contribution is -2.66. The second kappa shape index (κ2) is 13.0. The molecule has 4 saturated carbocycles. The van der Waals surface area contributed by atoms with Gasteiger partial charge in [-0.3, -0.25) is 14.4 Å². The summed E-state index contributed by atoms with van der Waals surface area (Å²) in [6.45, 7) is 19.3. The monoisotopic (exact) mass is 763 g/mol. The predicted molar refractivity (Wildman–Crippen MR) is 203 cm³/mol. The van der Waals surface area contributed by atoms with Crippen LogP contribution in [-0.2, 0) is 19.1 Å². The van der Waals surface area contributed by atoms with Gasteiger partial charge < -0.3 is 19.4 Å². The molecule has 2 aromatic heterocycles. The van der Waals surface area contributed by atoms with E-state index in [0.717, 1.165) is 56.1 Å². The Labute approximate surface area is 324 Å². The van der Waals surface area contributed by atoms with Crippen molar-refractivity contribution in [3.05, 3.63) is 40.4 Å². The molecule has 0 aromatic carbocycles. The van der Waals surface area contributed by atoms with Crippen molar-refractivity contribution in [1.29, 1.82) is 0 Å². The van der Waals surface area contributed by atoms with Gasteiger partial charge in [0, 0.05) is 23.4 Å². The summed E-state index contributed by atoms with van der Waals surface area (Å²) in [7, 11) is 0. The van der Waals surface area contributed by atoms with Crippen molar-refractivity contribution >= 4 is 29.3 Å². The molecule has 9 atom stereocenters. The molecule has 11 heteroatoms. The van der Waals surface area contributed by atoms with Crippen LogP contribution >= 0.6 is 11.6 Å². The number of aromatic nitrogens is 3. The first-order valence-electron chi connectivity index (χ1n) is 20.0. The van der Waals surface area contributed by atoms with Crippen molar-refractivity contribution in [3.8, 4) is 11.6 Å². The number of aliphatic hydroxyl groups is 1. The summed E-state index contributed by atoms with van der Waals surface area (Å²) in [6, 6.07) is 3.41. The predicted octanol–water partition coefficient (Wildman–Crippen LogP) is 9.21. The lowest BCUT2D eigenvalue weighted by Gasteiger charge is -2.72. The Morgan fingerprint density at radius 3 is 2.35 bits per heavy atom. The molecule has 2 aromatic rings. The highest BCUT2D eigenvalue weighted by atomic mass is 35.5. The maximum absolute atomic E-state index is 14.1. The van der Waals surface area contributed by atoms with Gasteiger partial charge in [-0.15, -0.1) is 10.2 Å². The number of carbonyl (C=O) groups is 3. The summed E-state index contributed by atoms with van der Waals surface area (Å²) >= 11 is 6.05. The number of hydrogen-bond donors (Lipinski definition) is 2. The Morgan fingerprint density at radius 1 is 0.981 bits per heavy atom. The summed E-state index contributed by atoms with van der Waals surface area (Å²) in [6.07, 6.45) is 7.35. The van der Waals surface area contributed by atoms with Crippen LogP contribution < -0.4 is 0 Å². The molecule has 2 N–H and O–H groups in total. The summed E-state index contributed by atoms with van der Waals surface area (Å²) in [5, 5.41) is 31.0. The first-order chi connectivity index (χ1) is 25.1.